The van der Waals surface area contributed by atoms with Crippen LogP contribution in [0.15, 0.2) is 23.2 Å². The highest BCUT2D eigenvalue weighted by Gasteiger charge is 2.20. The molecule has 1 aliphatic carbocycles. The van der Waals surface area contributed by atoms with Gasteiger partial charge < -0.3 is 24.8 Å². The molecule has 158 valence electrons. The average molecular weight is 521 g/mol. The lowest BCUT2D eigenvalue weighted by Gasteiger charge is -2.14. The number of benzene rings is 1. The topological polar surface area (TPSA) is 64.1 Å². The Morgan fingerprint density at radius 2 is 2.07 bits per heavy atom. The number of ether oxygens (including phenoxy) is 3. The highest BCUT2D eigenvalue weighted by atomic mass is 127. The Bertz CT molecular complexity index is 614. The van der Waals surface area contributed by atoms with Crippen molar-refractivity contribution in [1.29, 1.82) is 0 Å². The summed E-state index contributed by atoms with van der Waals surface area (Å²) in [4.78, 5) is 4.69. The Balaban J connectivity index is 0.00000280. The summed E-state index contributed by atoms with van der Waals surface area (Å²) in [6, 6.07) is 5.93. The lowest BCUT2D eigenvalue weighted by Crippen LogP contribution is -2.32. The maximum atomic E-state index is 5.77. The second-order valence-corrected chi connectivity index (χ2v) is 7.84. The van der Waals surface area contributed by atoms with Crippen LogP contribution in [0.2, 0.25) is 0 Å². The standard InChI is InChI=1S/C20H31N3O3S.HI/c1-27-13-9-22-20(21-8-2-10-24-15-16-4-5-16)23-17-6-7-18-19(14-17)26-12-3-11-25-18;/h6-7,14,16H,2-5,8-13,15H2,1H3,(H2,21,22,23);1H. The third kappa shape index (κ3) is 8.65. The van der Waals surface area contributed by atoms with Crippen molar-refractivity contribution in [2.45, 2.75) is 25.7 Å². The van der Waals surface area contributed by atoms with E-state index in [4.69, 9.17) is 14.2 Å². The van der Waals surface area contributed by atoms with Crippen LogP contribution in [0.3, 0.4) is 0 Å². The van der Waals surface area contributed by atoms with E-state index in [-0.39, 0.29) is 24.0 Å². The second-order valence-electron chi connectivity index (χ2n) is 6.86. The molecule has 0 unspecified atom stereocenters. The molecule has 8 heteroatoms. The van der Waals surface area contributed by atoms with E-state index in [9.17, 15) is 0 Å². The Morgan fingerprint density at radius 1 is 1.25 bits per heavy atom. The predicted molar refractivity (Wildman–Crippen MR) is 128 cm³/mol. The number of hydrogen-bond acceptors (Lipinski definition) is 5. The van der Waals surface area contributed by atoms with Crippen LogP contribution in [0.25, 0.3) is 0 Å². The molecule has 0 bridgehead atoms. The molecule has 1 aromatic rings. The highest BCUT2D eigenvalue weighted by Crippen LogP contribution is 2.32. The lowest BCUT2D eigenvalue weighted by molar-refractivity contribution is 0.123. The number of hydrogen-bond donors (Lipinski definition) is 2. The molecule has 1 aliphatic heterocycles. The van der Waals surface area contributed by atoms with Gasteiger partial charge in [-0.1, -0.05) is 0 Å². The average Bonchev–Trinajstić information content (AvgIpc) is 3.51. The number of anilines is 1. The Kier molecular flexibility index (Phi) is 11.2. The van der Waals surface area contributed by atoms with Crippen molar-refractivity contribution in [3.63, 3.8) is 0 Å². The molecular formula is C20H32IN3O3S. The van der Waals surface area contributed by atoms with Crippen molar-refractivity contribution in [3.8, 4) is 11.5 Å². The third-order valence-electron chi connectivity index (χ3n) is 4.38. The first-order valence-electron chi connectivity index (χ1n) is 9.87. The molecule has 2 aliphatic rings. The first-order valence-corrected chi connectivity index (χ1v) is 11.3. The molecule has 1 saturated carbocycles. The fourth-order valence-electron chi connectivity index (χ4n) is 2.68. The Labute approximate surface area is 189 Å². The largest absolute Gasteiger partial charge is 0.490 e. The summed E-state index contributed by atoms with van der Waals surface area (Å²) in [7, 11) is 0. The molecule has 2 N–H and O–H groups in total. The van der Waals surface area contributed by atoms with Crippen LogP contribution in [0.1, 0.15) is 25.7 Å². The van der Waals surface area contributed by atoms with Gasteiger partial charge in [0.05, 0.1) is 13.2 Å². The lowest BCUT2D eigenvalue weighted by atomic mass is 10.3. The zero-order chi connectivity index (χ0) is 18.7. The predicted octanol–water partition coefficient (Wildman–Crippen LogP) is 4.00. The van der Waals surface area contributed by atoms with Crippen molar-refractivity contribution in [3.05, 3.63) is 18.2 Å². The minimum absolute atomic E-state index is 0. The number of halogens is 1. The Hall–Kier alpha value is -0.870. The zero-order valence-corrected chi connectivity index (χ0v) is 19.7. The van der Waals surface area contributed by atoms with Crippen molar-refractivity contribution in [1.82, 2.24) is 5.32 Å². The maximum Gasteiger partial charge on any atom is 0.195 e. The van der Waals surface area contributed by atoms with Crippen LogP contribution < -0.4 is 20.1 Å². The molecule has 1 heterocycles. The van der Waals surface area contributed by atoms with E-state index in [1.807, 2.05) is 30.0 Å². The molecule has 3 rings (SSSR count). The van der Waals surface area contributed by atoms with E-state index in [0.717, 1.165) is 74.0 Å². The summed E-state index contributed by atoms with van der Waals surface area (Å²) in [6.07, 6.45) is 6.61. The summed E-state index contributed by atoms with van der Waals surface area (Å²) >= 11 is 1.81. The molecule has 0 spiro atoms. The second kappa shape index (κ2) is 13.4. The fourth-order valence-corrected chi connectivity index (χ4v) is 2.99. The van der Waals surface area contributed by atoms with E-state index in [1.165, 1.54) is 12.8 Å². The van der Waals surface area contributed by atoms with E-state index in [0.29, 0.717) is 13.2 Å². The molecule has 0 amide bonds. The zero-order valence-electron chi connectivity index (χ0n) is 16.6. The number of nitrogens with one attached hydrogen (secondary N) is 2. The van der Waals surface area contributed by atoms with Gasteiger partial charge in [-0.2, -0.15) is 11.8 Å². The number of nitrogens with zero attached hydrogens (tertiary/aromatic N) is 1. The number of guanidine groups is 1. The van der Waals surface area contributed by atoms with Gasteiger partial charge in [0.1, 0.15) is 0 Å². The maximum absolute atomic E-state index is 5.77. The van der Waals surface area contributed by atoms with Crippen LogP contribution >= 0.6 is 35.7 Å². The first kappa shape index (κ1) is 23.4. The molecule has 6 nitrogen and oxygen atoms in total. The van der Waals surface area contributed by atoms with Crippen LogP contribution in [0.5, 0.6) is 11.5 Å². The summed E-state index contributed by atoms with van der Waals surface area (Å²) in [5.74, 6) is 4.24. The number of aliphatic imine (C=N–C) groups is 1. The minimum atomic E-state index is 0. The van der Waals surface area contributed by atoms with Gasteiger partial charge >= 0.3 is 0 Å². The molecule has 0 radical (unpaired) electrons. The van der Waals surface area contributed by atoms with Gasteiger partial charge in [0.15, 0.2) is 17.5 Å². The molecule has 0 atom stereocenters. The number of fused-ring (bicyclic) bond motifs is 1. The van der Waals surface area contributed by atoms with Crippen molar-refractivity contribution >= 4 is 47.4 Å². The van der Waals surface area contributed by atoms with E-state index in [1.54, 1.807) is 0 Å². The van der Waals surface area contributed by atoms with Crippen LogP contribution in [-0.2, 0) is 4.74 Å². The smallest absolute Gasteiger partial charge is 0.195 e. The van der Waals surface area contributed by atoms with Gasteiger partial charge in [-0.3, -0.25) is 4.99 Å². The number of rotatable bonds is 10. The van der Waals surface area contributed by atoms with Gasteiger partial charge in [0.25, 0.3) is 0 Å². The first-order chi connectivity index (χ1) is 13.3. The van der Waals surface area contributed by atoms with Gasteiger partial charge in [0.2, 0.25) is 0 Å². The van der Waals surface area contributed by atoms with Crippen molar-refractivity contribution in [2.75, 3.05) is 56.8 Å². The van der Waals surface area contributed by atoms with Crippen LogP contribution in [-0.4, -0.2) is 57.5 Å². The number of thioether (sulfide) groups is 1. The molecular weight excluding hydrogens is 489 g/mol. The van der Waals surface area contributed by atoms with Gasteiger partial charge in [-0.25, -0.2) is 0 Å². The summed E-state index contributed by atoms with van der Waals surface area (Å²) in [5.41, 5.74) is 0.944. The third-order valence-corrected chi connectivity index (χ3v) is 4.99. The van der Waals surface area contributed by atoms with E-state index < -0.39 is 0 Å². The van der Waals surface area contributed by atoms with E-state index in [2.05, 4.69) is 21.9 Å². The van der Waals surface area contributed by atoms with Gasteiger partial charge in [0, 0.05) is 50.2 Å². The molecule has 0 saturated heterocycles. The van der Waals surface area contributed by atoms with Crippen LogP contribution in [0, 0.1) is 5.92 Å². The summed E-state index contributed by atoms with van der Waals surface area (Å²) in [5, 5.41) is 6.77. The molecule has 1 fully saturated rings. The minimum Gasteiger partial charge on any atom is -0.490 e. The van der Waals surface area contributed by atoms with Gasteiger partial charge in [-0.15, -0.1) is 24.0 Å². The highest BCUT2D eigenvalue weighted by molar-refractivity contribution is 14.0. The molecule has 28 heavy (non-hydrogen) atoms. The SMILES string of the molecule is CSCCNC(=NCCCOCC1CC1)Nc1ccc2c(c1)OCCCO2.I. The Morgan fingerprint density at radius 3 is 2.86 bits per heavy atom. The quantitative estimate of drug-likeness (QED) is 0.210. The monoisotopic (exact) mass is 521 g/mol. The fraction of sp³-hybridized carbons (Fsp3) is 0.650. The summed E-state index contributed by atoms with van der Waals surface area (Å²) in [6.45, 7) is 4.69. The van der Waals surface area contributed by atoms with Crippen molar-refractivity contribution in [2.24, 2.45) is 10.9 Å². The van der Waals surface area contributed by atoms with Gasteiger partial charge in [-0.05, 0) is 43.6 Å². The normalized spacial score (nSPS) is 16.1. The van der Waals surface area contributed by atoms with Crippen molar-refractivity contribution < 1.29 is 14.2 Å². The van der Waals surface area contributed by atoms with E-state index >= 15 is 0 Å². The summed E-state index contributed by atoms with van der Waals surface area (Å²) < 4.78 is 17.2. The molecule has 0 aromatic heterocycles. The van der Waals surface area contributed by atoms with Crippen LogP contribution in [0.4, 0.5) is 5.69 Å². The molecule has 1 aromatic carbocycles.